The summed E-state index contributed by atoms with van der Waals surface area (Å²) >= 11 is 0. The highest BCUT2D eigenvalue weighted by molar-refractivity contribution is 5.76. The van der Waals surface area contributed by atoms with Crippen molar-refractivity contribution >= 4 is 5.91 Å². The fraction of sp³-hybridized carbons (Fsp3) is 0.909. The summed E-state index contributed by atoms with van der Waals surface area (Å²) in [6, 6.07) is 0.509. The van der Waals surface area contributed by atoms with E-state index >= 15 is 0 Å². The second kappa shape index (κ2) is 8.68. The van der Waals surface area contributed by atoms with Crippen molar-refractivity contribution in [2.45, 2.75) is 52.1 Å². The van der Waals surface area contributed by atoms with Crippen LogP contribution in [-0.4, -0.2) is 31.1 Å². The molecule has 0 saturated heterocycles. The van der Waals surface area contributed by atoms with Gasteiger partial charge < -0.3 is 16.4 Å². The van der Waals surface area contributed by atoms with Gasteiger partial charge in [-0.3, -0.25) is 4.79 Å². The van der Waals surface area contributed by atoms with E-state index in [0.29, 0.717) is 19.0 Å². The minimum absolute atomic E-state index is 0.0862. The van der Waals surface area contributed by atoms with Gasteiger partial charge in [0.25, 0.3) is 0 Å². The van der Waals surface area contributed by atoms with Gasteiger partial charge in [0.2, 0.25) is 5.91 Å². The first-order valence-electron chi connectivity index (χ1n) is 5.86. The van der Waals surface area contributed by atoms with Gasteiger partial charge in [0.1, 0.15) is 0 Å². The quantitative estimate of drug-likeness (QED) is 0.556. The molecule has 0 spiro atoms. The summed E-state index contributed by atoms with van der Waals surface area (Å²) < 4.78 is 0. The number of rotatable bonds is 8. The van der Waals surface area contributed by atoms with Crippen molar-refractivity contribution in [2.24, 2.45) is 5.73 Å². The molecule has 0 saturated carbocycles. The maximum absolute atomic E-state index is 11.4. The van der Waals surface area contributed by atoms with E-state index in [9.17, 15) is 4.79 Å². The Balaban J connectivity index is 3.82. The Labute approximate surface area is 93.0 Å². The predicted octanol–water partition coefficient (Wildman–Crippen LogP) is 0.618. The van der Waals surface area contributed by atoms with Crippen LogP contribution in [-0.2, 0) is 4.79 Å². The molecule has 4 heteroatoms. The summed E-state index contributed by atoms with van der Waals surface area (Å²) in [7, 11) is 0. The lowest BCUT2D eigenvalue weighted by atomic mass is 10.1. The van der Waals surface area contributed by atoms with Gasteiger partial charge in [0.15, 0.2) is 0 Å². The zero-order chi connectivity index (χ0) is 11.7. The highest BCUT2D eigenvalue weighted by Crippen LogP contribution is 1.96. The zero-order valence-electron chi connectivity index (χ0n) is 10.2. The molecular formula is C11H25N3O. The Morgan fingerprint density at radius 3 is 2.53 bits per heavy atom. The van der Waals surface area contributed by atoms with E-state index in [-0.39, 0.29) is 11.9 Å². The molecule has 0 aliphatic carbocycles. The molecule has 0 aliphatic heterocycles. The smallest absolute Gasteiger partial charge is 0.221 e. The molecule has 15 heavy (non-hydrogen) atoms. The van der Waals surface area contributed by atoms with Gasteiger partial charge in [-0.2, -0.15) is 0 Å². The van der Waals surface area contributed by atoms with Crippen LogP contribution in [0.5, 0.6) is 0 Å². The number of hydrogen-bond acceptors (Lipinski definition) is 3. The minimum atomic E-state index is 0.0862. The standard InChI is InChI=1S/C11H25N3O/c1-4-6-13-11(15)7-10(8-12)14-9(3)5-2/h9-10,14H,4-8,12H2,1-3H3,(H,13,15). The van der Waals surface area contributed by atoms with Crippen LogP contribution in [0.25, 0.3) is 0 Å². The monoisotopic (exact) mass is 215 g/mol. The molecular weight excluding hydrogens is 190 g/mol. The van der Waals surface area contributed by atoms with E-state index in [4.69, 9.17) is 5.73 Å². The van der Waals surface area contributed by atoms with Crippen LogP contribution < -0.4 is 16.4 Å². The lowest BCUT2D eigenvalue weighted by Crippen LogP contribution is -2.44. The first-order chi connectivity index (χ1) is 7.13. The van der Waals surface area contributed by atoms with Gasteiger partial charge >= 0.3 is 0 Å². The normalized spacial score (nSPS) is 14.7. The van der Waals surface area contributed by atoms with Crippen molar-refractivity contribution in [1.29, 1.82) is 0 Å². The molecule has 0 aliphatic rings. The summed E-state index contributed by atoms with van der Waals surface area (Å²) in [6.07, 6.45) is 2.49. The molecule has 4 N–H and O–H groups in total. The SMILES string of the molecule is CCCNC(=O)CC(CN)NC(C)CC. The number of carbonyl (C=O) groups excluding carboxylic acids is 1. The molecule has 2 atom stereocenters. The topological polar surface area (TPSA) is 67.2 Å². The maximum Gasteiger partial charge on any atom is 0.221 e. The second-order valence-electron chi connectivity index (χ2n) is 3.96. The van der Waals surface area contributed by atoms with Gasteiger partial charge in [-0.25, -0.2) is 0 Å². The Hall–Kier alpha value is -0.610. The largest absolute Gasteiger partial charge is 0.356 e. The van der Waals surface area contributed by atoms with Crippen LogP contribution in [0.2, 0.25) is 0 Å². The third-order valence-corrected chi connectivity index (χ3v) is 2.42. The molecule has 2 unspecified atom stereocenters. The Morgan fingerprint density at radius 1 is 1.40 bits per heavy atom. The first-order valence-corrected chi connectivity index (χ1v) is 5.86. The molecule has 0 rings (SSSR count). The third-order valence-electron chi connectivity index (χ3n) is 2.42. The highest BCUT2D eigenvalue weighted by Gasteiger charge is 2.13. The van der Waals surface area contributed by atoms with Crippen molar-refractivity contribution in [3.8, 4) is 0 Å². The molecule has 4 nitrogen and oxygen atoms in total. The summed E-state index contributed by atoms with van der Waals surface area (Å²) in [5.41, 5.74) is 5.61. The molecule has 0 fully saturated rings. The first kappa shape index (κ1) is 14.4. The van der Waals surface area contributed by atoms with E-state index in [0.717, 1.165) is 19.4 Å². The Kier molecular flexibility index (Phi) is 8.33. The van der Waals surface area contributed by atoms with Gasteiger partial charge in [0.05, 0.1) is 0 Å². The second-order valence-corrected chi connectivity index (χ2v) is 3.96. The predicted molar refractivity (Wildman–Crippen MR) is 63.6 cm³/mol. The van der Waals surface area contributed by atoms with Crippen molar-refractivity contribution in [3.05, 3.63) is 0 Å². The van der Waals surface area contributed by atoms with Crippen LogP contribution in [0.15, 0.2) is 0 Å². The zero-order valence-corrected chi connectivity index (χ0v) is 10.2. The minimum Gasteiger partial charge on any atom is -0.356 e. The van der Waals surface area contributed by atoms with Crippen molar-refractivity contribution in [2.75, 3.05) is 13.1 Å². The molecule has 0 aromatic rings. The van der Waals surface area contributed by atoms with Crippen LogP contribution >= 0.6 is 0 Å². The van der Waals surface area contributed by atoms with Gasteiger partial charge in [-0.1, -0.05) is 13.8 Å². The van der Waals surface area contributed by atoms with E-state index in [1.807, 2.05) is 6.92 Å². The van der Waals surface area contributed by atoms with Crippen LogP contribution in [0.1, 0.15) is 40.0 Å². The van der Waals surface area contributed by atoms with Crippen molar-refractivity contribution < 1.29 is 4.79 Å². The van der Waals surface area contributed by atoms with Crippen LogP contribution in [0.4, 0.5) is 0 Å². The Morgan fingerprint density at radius 2 is 2.07 bits per heavy atom. The maximum atomic E-state index is 11.4. The molecule has 90 valence electrons. The summed E-state index contributed by atoms with van der Waals surface area (Å²) in [5, 5.41) is 6.19. The van der Waals surface area contributed by atoms with E-state index in [1.165, 1.54) is 0 Å². The average molecular weight is 215 g/mol. The molecule has 0 aromatic heterocycles. The fourth-order valence-electron chi connectivity index (χ4n) is 1.29. The summed E-state index contributed by atoms with van der Waals surface area (Å²) in [6.45, 7) is 7.51. The lowest BCUT2D eigenvalue weighted by Gasteiger charge is -2.20. The summed E-state index contributed by atoms with van der Waals surface area (Å²) in [4.78, 5) is 11.4. The molecule has 0 heterocycles. The van der Waals surface area contributed by atoms with Crippen molar-refractivity contribution in [3.63, 3.8) is 0 Å². The number of carbonyl (C=O) groups is 1. The Bertz CT molecular complexity index is 173. The number of nitrogens with two attached hydrogens (primary N) is 1. The van der Waals surface area contributed by atoms with Crippen LogP contribution in [0.3, 0.4) is 0 Å². The summed E-state index contributed by atoms with van der Waals surface area (Å²) in [5.74, 6) is 0.0862. The molecule has 0 aromatic carbocycles. The number of amides is 1. The van der Waals surface area contributed by atoms with Gasteiger partial charge in [-0.15, -0.1) is 0 Å². The average Bonchev–Trinajstić information content (AvgIpc) is 2.25. The molecule has 0 radical (unpaired) electrons. The van der Waals surface area contributed by atoms with E-state index in [2.05, 4.69) is 24.5 Å². The van der Waals surface area contributed by atoms with Gasteiger partial charge in [0, 0.05) is 31.6 Å². The lowest BCUT2D eigenvalue weighted by molar-refractivity contribution is -0.121. The fourth-order valence-corrected chi connectivity index (χ4v) is 1.29. The van der Waals surface area contributed by atoms with Gasteiger partial charge in [-0.05, 0) is 19.8 Å². The van der Waals surface area contributed by atoms with E-state index < -0.39 is 0 Å². The number of hydrogen-bond donors (Lipinski definition) is 3. The van der Waals surface area contributed by atoms with Crippen molar-refractivity contribution in [1.82, 2.24) is 10.6 Å². The van der Waals surface area contributed by atoms with E-state index in [1.54, 1.807) is 0 Å². The van der Waals surface area contributed by atoms with Crippen LogP contribution in [0, 0.1) is 0 Å². The molecule has 1 amide bonds. The third kappa shape index (κ3) is 7.33. The number of nitrogens with one attached hydrogen (secondary N) is 2. The highest BCUT2D eigenvalue weighted by atomic mass is 16.1. The molecule has 0 bridgehead atoms.